The molecule has 6 atom stereocenters. The van der Waals surface area contributed by atoms with Crippen LogP contribution in [-0.2, 0) is 23.8 Å². The second-order valence-electron chi connectivity index (χ2n) is 18.0. The van der Waals surface area contributed by atoms with Crippen molar-refractivity contribution in [3.05, 3.63) is 84.7 Å². The molecule has 342 valence electrons. The summed E-state index contributed by atoms with van der Waals surface area (Å²) in [6.07, 6.45) is 7.69. The van der Waals surface area contributed by atoms with Crippen molar-refractivity contribution in [2.24, 2.45) is 11.8 Å². The smallest absolute Gasteiger partial charge is 0.407 e. The summed E-state index contributed by atoms with van der Waals surface area (Å²) in [6.45, 7) is 6.19. The molecular weight excluding hydrogens is 829 g/mol. The number of carbonyl (C=O) groups excluding carboxylic acids is 3. The predicted molar refractivity (Wildman–Crippen MR) is 242 cm³/mol. The van der Waals surface area contributed by atoms with Crippen molar-refractivity contribution in [1.29, 1.82) is 0 Å². The van der Waals surface area contributed by atoms with E-state index in [9.17, 15) is 24.3 Å². The van der Waals surface area contributed by atoms with Crippen LogP contribution < -0.4 is 10.6 Å². The number of hydrogen-bond donors (Lipinski definition) is 5. The molecule has 0 bridgehead atoms. The molecule has 4 aliphatic rings. The van der Waals surface area contributed by atoms with Crippen LogP contribution in [0.25, 0.3) is 44.4 Å². The molecule has 4 fully saturated rings. The number of hydrogen-bond acceptors (Lipinski definition) is 9. The number of aromatic nitrogens is 4. The number of carbonyl (C=O) groups is 4. The van der Waals surface area contributed by atoms with E-state index in [-0.39, 0.29) is 47.8 Å². The summed E-state index contributed by atoms with van der Waals surface area (Å²) in [4.78, 5) is 72.8. The highest BCUT2D eigenvalue weighted by molar-refractivity contribution is 5.91. The zero-order valence-corrected chi connectivity index (χ0v) is 37.1. The standard InChI is InChI=1S/C49H58N8O8/c1-28-4-14-40(56(28)46(58)42(54-48(60)61)32-16-20-64-21-17-32)44-50-26-38(52-44)31-8-6-30(7-9-31)34-10-11-36-25-37(13-12-35(36)24-34)39-27-51-45(53-39)41-15-5-29(2)57(41)47(59)43(55-49(62)63-3)33-18-22-65-23-19-33/h6-13,24-29,32-33,40-43,54H,4-5,14-23H2,1-3H3,(H,50,52)(H,51,53)(H,55,62)(H,60,61)/t28-,29-,40+,41+,42+,43+/m1/s1. The number of nitrogens with one attached hydrogen (secondary N) is 4. The van der Waals surface area contributed by atoms with Gasteiger partial charge in [0, 0.05) is 62.0 Å². The molecule has 5 aromatic rings. The van der Waals surface area contributed by atoms with Gasteiger partial charge < -0.3 is 49.7 Å². The summed E-state index contributed by atoms with van der Waals surface area (Å²) < 4.78 is 15.9. The number of alkyl carbamates (subject to hydrolysis) is 1. The fraction of sp³-hybridized carbons (Fsp3) is 0.469. The molecule has 65 heavy (non-hydrogen) atoms. The number of fused-ring (bicyclic) bond motifs is 1. The van der Waals surface area contributed by atoms with Crippen molar-refractivity contribution in [3.63, 3.8) is 0 Å². The molecule has 16 nitrogen and oxygen atoms in total. The van der Waals surface area contributed by atoms with Crippen molar-refractivity contribution in [1.82, 2.24) is 40.4 Å². The molecule has 5 N–H and O–H groups in total. The van der Waals surface area contributed by atoms with Crippen LogP contribution in [0.1, 0.15) is 88.9 Å². The first-order chi connectivity index (χ1) is 31.6. The summed E-state index contributed by atoms with van der Waals surface area (Å²) in [5.74, 6) is 0.923. The average molecular weight is 887 g/mol. The van der Waals surface area contributed by atoms with Crippen LogP contribution in [0.3, 0.4) is 0 Å². The third kappa shape index (κ3) is 9.19. The number of nitrogens with zero attached hydrogens (tertiary/aromatic N) is 4. The summed E-state index contributed by atoms with van der Waals surface area (Å²) in [5, 5.41) is 17.2. The number of methoxy groups -OCH3 is 1. The van der Waals surface area contributed by atoms with Gasteiger partial charge in [-0.25, -0.2) is 19.6 Å². The SMILES string of the molecule is COC(=O)N[C@H](C(=O)N1[C@H](C)CC[C@H]1c1nc(-c2ccc3cc(-c4ccc(-c5c[nH]c([C@@H]6CC[C@@H](C)N6C(=O)[C@@H](NC(=O)O)C6CCOCC6)n5)cc4)ccc3c2)c[nH]1)C1CCOCC1. The van der Waals surface area contributed by atoms with Gasteiger partial charge >= 0.3 is 12.2 Å². The van der Waals surface area contributed by atoms with E-state index in [0.717, 1.165) is 75.9 Å². The Morgan fingerprint density at radius 3 is 1.58 bits per heavy atom. The summed E-state index contributed by atoms with van der Waals surface area (Å²) in [6, 6.07) is 18.8. The Labute approximate surface area is 377 Å². The molecule has 6 heterocycles. The number of H-pyrrole nitrogens is 2. The molecule has 0 saturated carbocycles. The van der Waals surface area contributed by atoms with Crippen LogP contribution in [0, 0.1) is 11.8 Å². The fourth-order valence-electron chi connectivity index (χ4n) is 10.5. The Morgan fingerprint density at radius 2 is 1.08 bits per heavy atom. The monoisotopic (exact) mass is 886 g/mol. The third-order valence-electron chi connectivity index (χ3n) is 14.1. The van der Waals surface area contributed by atoms with Crippen molar-refractivity contribution in [2.45, 2.75) is 101 Å². The Bertz CT molecular complexity index is 2510. The van der Waals surface area contributed by atoms with Crippen LogP contribution >= 0.6 is 0 Å². The molecule has 0 spiro atoms. The number of imidazole rings is 2. The van der Waals surface area contributed by atoms with Gasteiger partial charge in [-0.3, -0.25) is 9.59 Å². The van der Waals surface area contributed by atoms with Gasteiger partial charge in [-0.05, 0) is 111 Å². The highest BCUT2D eigenvalue weighted by Gasteiger charge is 2.44. The molecule has 2 aromatic heterocycles. The maximum Gasteiger partial charge on any atom is 0.407 e. The number of benzene rings is 3. The van der Waals surface area contributed by atoms with E-state index in [1.807, 2.05) is 36.0 Å². The number of carboxylic acid groups (broad SMARTS) is 1. The highest BCUT2D eigenvalue weighted by Crippen LogP contribution is 2.40. The molecular formula is C49H58N8O8. The molecule has 3 aromatic carbocycles. The van der Waals surface area contributed by atoms with Gasteiger partial charge in [-0.1, -0.05) is 48.5 Å². The first-order valence-corrected chi connectivity index (χ1v) is 23.0. The second-order valence-corrected chi connectivity index (χ2v) is 18.0. The van der Waals surface area contributed by atoms with Gasteiger partial charge in [-0.15, -0.1) is 0 Å². The maximum atomic E-state index is 14.2. The molecule has 0 radical (unpaired) electrons. The number of ether oxygens (including phenoxy) is 3. The zero-order chi connectivity index (χ0) is 45.2. The van der Waals surface area contributed by atoms with Crippen LogP contribution in [0.15, 0.2) is 73.1 Å². The van der Waals surface area contributed by atoms with Gasteiger partial charge in [0.15, 0.2) is 0 Å². The van der Waals surface area contributed by atoms with Crippen LogP contribution in [-0.4, -0.2) is 117 Å². The van der Waals surface area contributed by atoms with E-state index < -0.39 is 24.3 Å². The first kappa shape index (κ1) is 44.0. The lowest BCUT2D eigenvalue weighted by atomic mass is 9.90. The maximum absolute atomic E-state index is 14.2. The van der Waals surface area contributed by atoms with Crippen LogP contribution in [0.4, 0.5) is 9.59 Å². The van der Waals surface area contributed by atoms with E-state index >= 15 is 0 Å². The lowest BCUT2D eigenvalue weighted by Gasteiger charge is -2.36. The number of amides is 4. The number of rotatable bonds is 11. The van der Waals surface area contributed by atoms with Gasteiger partial charge in [0.1, 0.15) is 23.7 Å². The van der Waals surface area contributed by atoms with E-state index in [2.05, 4.69) is 81.3 Å². The van der Waals surface area contributed by atoms with Crippen molar-refractivity contribution in [3.8, 4) is 33.6 Å². The Balaban J connectivity index is 0.877. The third-order valence-corrected chi connectivity index (χ3v) is 14.1. The molecule has 0 aliphatic carbocycles. The largest absolute Gasteiger partial charge is 0.465 e. The van der Waals surface area contributed by atoms with Crippen LogP contribution in [0.2, 0.25) is 0 Å². The van der Waals surface area contributed by atoms with E-state index in [1.165, 1.54) is 7.11 Å². The van der Waals surface area contributed by atoms with Crippen LogP contribution in [0.5, 0.6) is 0 Å². The first-order valence-electron chi connectivity index (χ1n) is 23.0. The summed E-state index contributed by atoms with van der Waals surface area (Å²) in [5.41, 5.74) is 5.60. The molecule has 0 unspecified atom stereocenters. The quantitative estimate of drug-likeness (QED) is 0.0879. The van der Waals surface area contributed by atoms with Gasteiger partial charge in [0.25, 0.3) is 0 Å². The minimum absolute atomic E-state index is 0.0180. The van der Waals surface area contributed by atoms with Gasteiger partial charge in [0.05, 0.1) is 30.6 Å². The lowest BCUT2D eigenvalue weighted by Crippen LogP contribution is -2.54. The minimum atomic E-state index is -1.20. The topological polar surface area (TPSA) is 204 Å². The number of aromatic amines is 2. The van der Waals surface area contributed by atoms with Gasteiger partial charge in [0.2, 0.25) is 11.8 Å². The lowest BCUT2D eigenvalue weighted by molar-refractivity contribution is -0.139. The van der Waals surface area contributed by atoms with Crippen molar-refractivity contribution < 1.29 is 38.5 Å². The zero-order valence-electron chi connectivity index (χ0n) is 37.1. The molecule has 4 aliphatic heterocycles. The van der Waals surface area contributed by atoms with Crippen molar-refractivity contribution >= 4 is 34.8 Å². The van der Waals surface area contributed by atoms with E-state index in [1.54, 1.807) is 0 Å². The Morgan fingerprint density at radius 1 is 0.631 bits per heavy atom. The summed E-state index contributed by atoms with van der Waals surface area (Å²) >= 11 is 0. The van der Waals surface area contributed by atoms with E-state index in [0.29, 0.717) is 57.9 Å². The predicted octanol–water partition coefficient (Wildman–Crippen LogP) is 7.61. The molecule has 4 saturated heterocycles. The minimum Gasteiger partial charge on any atom is -0.465 e. The second kappa shape index (κ2) is 19.1. The van der Waals surface area contributed by atoms with Gasteiger partial charge in [-0.2, -0.15) is 0 Å². The van der Waals surface area contributed by atoms with Crippen molar-refractivity contribution in [2.75, 3.05) is 33.5 Å². The normalized spacial score (nSPS) is 22.8. The Hall–Kier alpha value is -6.26. The highest BCUT2D eigenvalue weighted by atomic mass is 16.5. The average Bonchev–Trinajstić information content (AvgIpc) is 4.17. The molecule has 4 amide bonds. The molecule has 9 rings (SSSR count). The molecule has 16 heteroatoms. The number of likely N-dealkylation sites (tertiary alicyclic amines) is 2. The Kier molecular flexibility index (Phi) is 12.9. The van der Waals surface area contributed by atoms with E-state index in [4.69, 9.17) is 24.2 Å². The summed E-state index contributed by atoms with van der Waals surface area (Å²) in [7, 11) is 1.31. The fourth-order valence-corrected chi connectivity index (χ4v) is 10.5.